The fraction of sp³-hybridized carbons (Fsp3) is 0.105. The standard InChI is InChI=1S/C19H14N2O4/c1-12-6-7-21-17(8-12)20-14(9-18(21)22)11-24-15-4-2-13-3-5-19(23)25-16(13)10-15/h2-10H,11H2,1H3. The summed E-state index contributed by atoms with van der Waals surface area (Å²) in [5.74, 6) is 0.535. The maximum atomic E-state index is 12.2. The Hall–Kier alpha value is -3.41. The Balaban J connectivity index is 1.63. The van der Waals surface area contributed by atoms with Crippen molar-refractivity contribution < 1.29 is 9.15 Å². The Morgan fingerprint density at radius 2 is 1.92 bits per heavy atom. The lowest BCUT2D eigenvalue weighted by molar-refractivity contribution is 0.301. The number of nitrogens with zero attached hydrogens (tertiary/aromatic N) is 2. The number of aromatic nitrogens is 2. The van der Waals surface area contributed by atoms with Crippen LogP contribution in [0.5, 0.6) is 5.75 Å². The van der Waals surface area contributed by atoms with Crippen LogP contribution in [0.1, 0.15) is 11.3 Å². The average molecular weight is 334 g/mol. The Morgan fingerprint density at radius 3 is 2.80 bits per heavy atom. The molecule has 124 valence electrons. The number of aryl methyl sites for hydroxylation is 1. The molecule has 0 aliphatic rings. The Kier molecular flexibility index (Phi) is 3.57. The van der Waals surface area contributed by atoms with Crippen molar-refractivity contribution in [1.82, 2.24) is 9.38 Å². The van der Waals surface area contributed by atoms with E-state index >= 15 is 0 Å². The molecule has 6 nitrogen and oxygen atoms in total. The summed E-state index contributed by atoms with van der Waals surface area (Å²) in [6.45, 7) is 2.08. The minimum Gasteiger partial charge on any atom is -0.487 e. The molecular formula is C19H14N2O4. The molecule has 0 aliphatic heterocycles. The lowest BCUT2D eigenvalue weighted by Crippen LogP contribution is -2.16. The number of pyridine rings is 1. The average Bonchev–Trinajstić information content (AvgIpc) is 2.59. The Labute approximate surface area is 141 Å². The van der Waals surface area contributed by atoms with E-state index in [1.54, 1.807) is 30.5 Å². The molecule has 0 aliphatic carbocycles. The van der Waals surface area contributed by atoms with Crippen molar-refractivity contribution >= 4 is 16.6 Å². The van der Waals surface area contributed by atoms with Gasteiger partial charge in [0, 0.05) is 29.8 Å². The van der Waals surface area contributed by atoms with Crippen LogP contribution in [-0.2, 0) is 6.61 Å². The van der Waals surface area contributed by atoms with Gasteiger partial charge in [-0.1, -0.05) is 0 Å². The molecule has 25 heavy (non-hydrogen) atoms. The fourth-order valence-electron chi connectivity index (χ4n) is 2.62. The fourth-order valence-corrected chi connectivity index (χ4v) is 2.62. The van der Waals surface area contributed by atoms with E-state index < -0.39 is 5.63 Å². The first-order valence-corrected chi connectivity index (χ1v) is 7.74. The zero-order valence-electron chi connectivity index (χ0n) is 13.4. The third-order valence-corrected chi connectivity index (χ3v) is 3.86. The Morgan fingerprint density at radius 1 is 1.08 bits per heavy atom. The molecule has 0 saturated heterocycles. The Bertz CT molecular complexity index is 1210. The van der Waals surface area contributed by atoms with E-state index in [0.717, 1.165) is 10.9 Å². The van der Waals surface area contributed by atoms with E-state index in [1.807, 2.05) is 19.1 Å². The largest absolute Gasteiger partial charge is 0.487 e. The molecule has 0 bridgehead atoms. The summed E-state index contributed by atoms with van der Waals surface area (Å²) in [7, 11) is 0. The highest BCUT2D eigenvalue weighted by Crippen LogP contribution is 2.20. The van der Waals surface area contributed by atoms with Crippen LogP contribution < -0.4 is 15.9 Å². The van der Waals surface area contributed by atoms with E-state index in [-0.39, 0.29) is 12.2 Å². The van der Waals surface area contributed by atoms with Crippen molar-refractivity contribution in [3.05, 3.63) is 86.8 Å². The van der Waals surface area contributed by atoms with Gasteiger partial charge in [-0.3, -0.25) is 9.20 Å². The smallest absolute Gasteiger partial charge is 0.336 e. The van der Waals surface area contributed by atoms with Crippen LogP contribution >= 0.6 is 0 Å². The van der Waals surface area contributed by atoms with Crippen molar-refractivity contribution in [2.24, 2.45) is 0 Å². The number of fused-ring (bicyclic) bond motifs is 2. The molecular weight excluding hydrogens is 320 g/mol. The van der Waals surface area contributed by atoms with Crippen LogP contribution in [0.2, 0.25) is 0 Å². The predicted molar refractivity (Wildman–Crippen MR) is 93.0 cm³/mol. The van der Waals surface area contributed by atoms with E-state index in [9.17, 15) is 9.59 Å². The van der Waals surface area contributed by atoms with Crippen LogP contribution in [0.4, 0.5) is 0 Å². The summed E-state index contributed by atoms with van der Waals surface area (Å²) in [6.07, 6.45) is 1.70. The summed E-state index contributed by atoms with van der Waals surface area (Å²) >= 11 is 0. The van der Waals surface area contributed by atoms with Gasteiger partial charge in [0.1, 0.15) is 23.6 Å². The van der Waals surface area contributed by atoms with Gasteiger partial charge in [0.25, 0.3) is 5.56 Å². The van der Waals surface area contributed by atoms with Gasteiger partial charge in [-0.2, -0.15) is 0 Å². The van der Waals surface area contributed by atoms with Gasteiger partial charge in [0.2, 0.25) is 0 Å². The third-order valence-electron chi connectivity index (χ3n) is 3.86. The SMILES string of the molecule is Cc1ccn2c(=O)cc(COc3ccc4ccc(=O)oc4c3)nc2c1. The van der Waals surface area contributed by atoms with E-state index in [2.05, 4.69) is 4.98 Å². The van der Waals surface area contributed by atoms with Crippen molar-refractivity contribution in [2.45, 2.75) is 13.5 Å². The highest BCUT2D eigenvalue weighted by Gasteiger charge is 2.05. The molecule has 0 spiro atoms. The second-order valence-electron chi connectivity index (χ2n) is 5.76. The highest BCUT2D eigenvalue weighted by molar-refractivity contribution is 5.77. The summed E-state index contributed by atoms with van der Waals surface area (Å²) < 4.78 is 12.3. The van der Waals surface area contributed by atoms with Crippen LogP contribution in [-0.4, -0.2) is 9.38 Å². The quantitative estimate of drug-likeness (QED) is 0.539. The molecule has 3 aromatic heterocycles. The number of hydrogen-bond donors (Lipinski definition) is 0. The van der Waals surface area contributed by atoms with Crippen molar-refractivity contribution in [1.29, 1.82) is 0 Å². The van der Waals surface area contributed by atoms with Gasteiger partial charge in [0.05, 0.1) is 5.69 Å². The number of hydrogen-bond acceptors (Lipinski definition) is 5. The number of ether oxygens (including phenoxy) is 1. The van der Waals surface area contributed by atoms with Gasteiger partial charge < -0.3 is 9.15 Å². The number of benzene rings is 1. The molecule has 0 fully saturated rings. The molecule has 0 amide bonds. The first kappa shape index (κ1) is 15.1. The highest BCUT2D eigenvalue weighted by atomic mass is 16.5. The minimum atomic E-state index is -0.413. The molecule has 4 aromatic rings. The van der Waals surface area contributed by atoms with Gasteiger partial charge >= 0.3 is 5.63 Å². The van der Waals surface area contributed by atoms with E-state index in [0.29, 0.717) is 22.7 Å². The molecule has 0 unspecified atom stereocenters. The van der Waals surface area contributed by atoms with Gasteiger partial charge in [-0.15, -0.1) is 0 Å². The number of rotatable bonds is 3. The maximum Gasteiger partial charge on any atom is 0.336 e. The second-order valence-corrected chi connectivity index (χ2v) is 5.76. The molecule has 3 heterocycles. The topological polar surface area (TPSA) is 73.8 Å². The lowest BCUT2D eigenvalue weighted by atomic mass is 10.2. The zero-order chi connectivity index (χ0) is 17.4. The third kappa shape index (κ3) is 3.01. The van der Waals surface area contributed by atoms with Crippen LogP contribution in [0, 0.1) is 6.92 Å². The van der Waals surface area contributed by atoms with Crippen LogP contribution in [0.15, 0.2) is 68.7 Å². The lowest BCUT2D eigenvalue weighted by Gasteiger charge is -2.08. The van der Waals surface area contributed by atoms with Crippen molar-refractivity contribution in [2.75, 3.05) is 0 Å². The van der Waals surface area contributed by atoms with Crippen LogP contribution in [0.3, 0.4) is 0 Å². The van der Waals surface area contributed by atoms with Crippen molar-refractivity contribution in [3.63, 3.8) is 0 Å². The summed E-state index contributed by atoms with van der Waals surface area (Å²) in [5, 5.41) is 0.810. The molecule has 0 atom stereocenters. The molecule has 0 N–H and O–H groups in total. The van der Waals surface area contributed by atoms with Gasteiger partial charge in [0.15, 0.2) is 0 Å². The maximum absolute atomic E-state index is 12.2. The minimum absolute atomic E-state index is 0.141. The first-order chi connectivity index (χ1) is 12.1. The molecule has 0 saturated carbocycles. The molecule has 1 aromatic carbocycles. The van der Waals surface area contributed by atoms with E-state index in [1.165, 1.54) is 16.5 Å². The van der Waals surface area contributed by atoms with Gasteiger partial charge in [-0.25, -0.2) is 9.78 Å². The second kappa shape index (κ2) is 5.90. The predicted octanol–water partition coefficient (Wildman–Crippen LogP) is 2.69. The molecule has 6 heteroatoms. The summed E-state index contributed by atoms with van der Waals surface area (Å²) in [4.78, 5) is 27.9. The zero-order valence-corrected chi connectivity index (χ0v) is 13.4. The summed E-state index contributed by atoms with van der Waals surface area (Å²) in [6, 6.07) is 13.4. The van der Waals surface area contributed by atoms with Gasteiger partial charge in [-0.05, 0) is 42.8 Å². The monoisotopic (exact) mass is 334 g/mol. The molecule has 0 radical (unpaired) electrons. The summed E-state index contributed by atoms with van der Waals surface area (Å²) in [5.41, 5.74) is 2.01. The van der Waals surface area contributed by atoms with Crippen LogP contribution in [0.25, 0.3) is 16.6 Å². The molecule has 4 rings (SSSR count). The van der Waals surface area contributed by atoms with E-state index in [4.69, 9.17) is 9.15 Å². The normalized spacial score (nSPS) is 11.1. The first-order valence-electron chi connectivity index (χ1n) is 7.74. The van der Waals surface area contributed by atoms with Crippen molar-refractivity contribution in [3.8, 4) is 5.75 Å².